The van der Waals surface area contributed by atoms with Gasteiger partial charge in [-0.1, -0.05) is 0 Å². The van der Waals surface area contributed by atoms with E-state index in [0.717, 1.165) is 12.1 Å². The number of ether oxygens (including phenoxy) is 1. The summed E-state index contributed by atoms with van der Waals surface area (Å²) in [5.74, 6) is -2.84. The Kier molecular flexibility index (Phi) is 4.16. The molecule has 20 heavy (non-hydrogen) atoms. The maximum absolute atomic E-state index is 13.3. The highest BCUT2D eigenvalue weighted by molar-refractivity contribution is 5.87. The molecule has 1 atom stereocenters. The molecule has 0 spiro atoms. The summed E-state index contributed by atoms with van der Waals surface area (Å²) in [5.41, 5.74) is 5.20. The Labute approximate surface area is 114 Å². The number of carbonyl (C=O) groups excluding carboxylic acids is 2. The van der Waals surface area contributed by atoms with Gasteiger partial charge in [0.25, 0.3) is 5.91 Å². The molecule has 1 unspecified atom stereocenters. The number of halogens is 2. The summed E-state index contributed by atoms with van der Waals surface area (Å²) in [6, 6.07) is 2.17. The van der Waals surface area contributed by atoms with E-state index in [4.69, 9.17) is 10.5 Å². The molecule has 1 fully saturated rings. The maximum Gasteiger partial charge on any atom is 0.261 e. The van der Waals surface area contributed by atoms with Gasteiger partial charge in [-0.25, -0.2) is 8.78 Å². The molecule has 0 bridgehead atoms. The minimum atomic E-state index is -0.884. The predicted molar refractivity (Wildman–Crippen MR) is 65.8 cm³/mol. The summed E-state index contributed by atoms with van der Waals surface area (Å²) in [4.78, 5) is 24.4. The van der Waals surface area contributed by atoms with Crippen LogP contribution in [0.5, 0.6) is 5.75 Å². The Bertz CT molecular complexity index is 536. The van der Waals surface area contributed by atoms with Gasteiger partial charge in [0.05, 0.1) is 0 Å². The predicted octanol–water partition coefficient (Wildman–Crippen LogP) is 0.820. The average molecular weight is 284 g/mol. The second-order valence-electron chi connectivity index (χ2n) is 4.51. The van der Waals surface area contributed by atoms with Crippen LogP contribution in [-0.2, 0) is 9.59 Å². The third kappa shape index (κ3) is 3.04. The molecule has 5 nitrogen and oxygen atoms in total. The van der Waals surface area contributed by atoms with Gasteiger partial charge in [0.15, 0.2) is 18.2 Å². The van der Waals surface area contributed by atoms with Crippen molar-refractivity contribution in [2.45, 2.75) is 18.9 Å². The van der Waals surface area contributed by atoms with Crippen molar-refractivity contribution in [2.24, 2.45) is 5.73 Å². The third-order valence-corrected chi connectivity index (χ3v) is 3.15. The zero-order valence-corrected chi connectivity index (χ0v) is 10.6. The Hall–Kier alpha value is -2.18. The normalized spacial score (nSPS) is 18.1. The second-order valence-corrected chi connectivity index (χ2v) is 4.51. The van der Waals surface area contributed by atoms with Crippen LogP contribution in [-0.4, -0.2) is 35.9 Å². The monoisotopic (exact) mass is 284 g/mol. The van der Waals surface area contributed by atoms with Gasteiger partial charge in [-0.15, -0.1) is 0 Å². The van der Waals surface area contributed by atoms with Crippen LogP contribution >= 0.6 is 0 Å². The quantitative estimate of drug-likeness (QED) is 0.889. The van der Waals surface area contributed by atoms with E-state index in [1.54, 1.807) is 0 Å². The number of primary amides is 1. The van der Waals surface area contributed by atoms with Gasteiger partial charge < -0.3 is 15.4 Å². The van der Waals surface area contributed by atoms with E-state index < -0.39 is 36.1 Å². The lowest BCUT2D eigenvalue weighted by Crippen LogP contribution is -2.45. The zero-order chi connectivity index (χ0) is 14.7. The van der Waals surface area contributed by atoms with E-state index in [-0.39, 0.29) is 5.75 Å². The van der Waals surface area contributed by atoms with Crippen LogP contribution in [0.4, 0.5) is 8.78 Å². The molecule has 1 aromatic rings. The first kappa shape index (κ1) is 14.2. The van der Waals surface area contributed by atoms with Crippen LogP contribution in [0.1, 0.15) is 12.8 Å². The Morgan fingerprint density at radius 3 is 2.80 bits per heavy atom. The fourth-order valence-corrected chi connectivity index (χ4v) is 2.18. The van der Waals surface area contributed by atoms with Crippen molar-refractivity contribution in [2.75, 3.05) is 13.2 Å². The summed E-state index contributed by atoms with van der Waals surface area (Å²) in [6.45, 7) is -0.00592. The molecule has 1 aromatic carbocycles. The van der Waals surface area contributed by atoms with Crippen molar-refractivity contribution in [1.29, 1.82) is 0 Å². The molecule has 1 aliphatic heterocycles. The molecule has 2 rings (SSSR count). The molecule has 1 aliphatic rings. The topological polar surface area (TPSA) is 72.6 Å². The van der Waals surface area contributed by atoms with E-state index in [0.29, 0.717) is 25.5 Å². The van der Waals surface area contributed by atoms with E-state index in [1.807, 2.05) is 0 Å². The fraction of sp³-hybridized carbons (Fsp3) is 0.385. The lowest BCUT2D eigenvalue weighted by molar-refractivity contribution is -0.138. The Morgan fingerprint density at radius 2 is 2.15 bits per heavy atom. The first-order chi connectivity index (χ1) is 9.49. The minimum Gasteiger partial charge on any atom is -0.481 e. The molecule has 108 valence electrons. The first-order valence-electron chi connectivity index (χ1n) is 6.15. The molecule has 2 N–H and O–H groups in total. The van der Waals surface area contributed by atoms with Crippen molar-refractivity contribution < 1.29 is 23.1 Å². The zero-order valence-electron chi connectivity index (χ0n) is 10.6. The number of likely N-dealkylation sites (tertiary alicyclic amines) is 1. The van der Waals surface area contributed by atoms with Gasteiger partial charge in [0.2, 0.25) is 5.91 Å². The highest BCUT2D eigenvalue weighted by Gasteiger charge is 2.32. The van der Waals surface area contributed by atoms with Crippen LogP contribution in [0.2, 0.25) is 0 Å². The summed E-state index contributed by atoms with van der Waals surface area (Å²) >= 11 is 0. The van der Waals surface area contributed by atoms with E-state index in [2.05, 4.69) is 0 Å². The molecule has 1 saturated heterocycles. The van der Waals surface area contributed by atoms with Crippen molar-refractivity contribution in [3.63, 3.8) is 0 Å². The molecule has 0 aliphatic carbocycles. The lowest BCUT2D eigenvalue weighted by Gasteiger charge is -2.22. The van der Waals surface area contributed by atoms with Gasteiger partial charge >= 0.3 is 0 Å². The van der Waals surface area contributed by atoms with Crippen LogP contribution < -0.4 is 10.5 Å². The highest BCUT2D eigenvalue weighted by Crippen LogP contribution is 2.20. The van der Waals surface area contributed by atoms with Crippen LogP contribution in [0.3, 0.4) is 0 Å². The number of nitrogens with two attached hydrogens (primary N) is 1. The summed E-state index contributed by atoms with van der Waals surface area (Å²) in [5, 5.41) is 0. The summed E-state index contributed by atoms with van der Waals surface area (Å²) < 4.78 is 31.0. The van der Waals surface area contributed by atoms with E-state index in [1.165, 1.54) is 4.90 Å². The third-order valence-electron chi connectivity index (χ3n) is 3.15. The average Bonchev–Trinajstić information content (AvgIpc) is 2.86. The van der Waals surface area contributed by atoms with E-state index >= 15 is 0 Å². The molecule has 1 heterocycles. The van der Waals surface area contributed by atoms with Gasteiger partial charge in [0.1, 0.15) is 11.9 Å². The minimum absolute atomic E-state index is 0.213. The molecular weight excluding hydrogens is 270 g/mol. The molecular formula is C13H14F2N2O3. The van der Waals surface area contributed by atoms with Gasteiger partial charge in [-0.05, 0) is 25.0 Å². The number of carbonyl (C=O) groups is 2. The number of nitrogens with zero attached hydrogens (tertiary/aromatic N) is 1. The molecule has 0 saturated carbocycles. The Morgan fingerprint density at radius 1 is 1.40 bits per heavy atom. The number of hydrogen-bond donors (Lipinski definition) is 1. The second kappa shape index (κ2) is 5.85. The van der Waals surface area contributed by atoms with Gasteiger partial charge in [-0.3, -0.25) is 9.59 Å². The summed E-state index contributed by atoms with van der Waals surface area (Å²) in [6.07, 6.45) is 1.20. The SMILES string of the molecule is NC(=O)C1CCCN1C(=O)COc1ccc(F)cc1F. The molecule has 2 amide bonds. The number of hydrogen-bond acceptors (Lipinski definition) is 3. The number of benzene rings is 1. The van der Waals surface area contributed by atoms with Crippen molar-refractivity contribution in [3.05, 3.63) is 29.8 Å². The summed E-state index contributed by atoms with van der Waals surface area (Å²) in [7, 11) is 0. The first-order valence-corrected chi connectivity index (χ1v) is 6.15. The van der Waals surface area contributed by atoms with Crippen LogP contribution in [0.25, 0.3) is 0 Å². The largest absolute Gasteiger partial charge is 0.481 e. The molecule has 7 heteroatoms. The maximum atomic E-state index is 13.3. The van der Waals surface area contributed by atoms with Crippen molar-refractivity contribution >= 4 is 11.8 Å². The van der Waals surface area contributed by atoms with E-state index in [9.17, 15) is 18.4 Å². The van der Waals surface area contributed by atoms with Crippen molar-refractivity contribution in [3.8, 4) is 5.75 Å². The molecule has 0 aromatic heterocycles. The Balaban J connectivity index is 1.96. The highest BCUT2D eigenvalue weighted by atomic mass is 19.1. The smallest absolute Gasteiger partial charge is 0.261 e. The van der Waals surface area contributed by atoms with Gasteiger partial charge in [0, 0.05) is 12.6 Å². The lowest BCUT2D eigenvalue weighted by atomic mass is 10.2. The van der Waals surface area contributed by atoms with Crippen LogP contribution in [0, 0.1) is 11.6 Å². The van der Waals surface area contributed by atoms with Gasteiger partial charge in [-0.2, -0.15) is 0 Å². The standard InChI is InChI=1S/C13H14F2N2O3/c14-8-3-4-11(9(15)6-8)20-7-12(18)17-5-1-2-10(17)13(16)19/h3-4,6,10H,1-2,5,7H2,(H2,16,19). The van der Waals surface area contributed by atoms with Crippen LogP contribution in [0.15, 0.2) is 18.2 Å². The fourth-order valence-electron chi connectivity index (χ4n) is 2.18. The number of rotatable bonds is 4. The molecule has 0 radical (unpaired) electrons. The number of amides is 2. The van der Waals surface area contributed by atoms with Crippen molar-refractivity contribution in [1.82, 2.24) is 4.90 Å².